The van der Waals surface area contributed by atoms with Crippen LogP contribution in [0.15, 0.2) is 18.2 Å². The summed E-state index contributed by atoms with van der Waals surface area (Å²) in [6.45, 7) is 0.513. The fourth-order valence-electron chi connectivity index (χ4n) is 3.39. The number of carbonyl (C=O) groups is 1. The molecule has 22 heavy (non-hydrogen) atoms. The minimum atomic E-state index is -3.26. The zero-order chi connectivity index (χ0) is 15.7. The lowest BCUT2D eigenvalue weighted by Crippen LogP contribution is -2.35. The van der Waals surface area contributed by atoms with E-state index in [-0.39, 0.29) is 11.9 Å². The number of aryl methyl sites for hydroxylation is 1. The maximum Gasteiger partial charge on any atom is 0.251 e. The van der Waals surface area contributed by atoms with Gasteiger partial charge in [-0.05, 0) is 49.4 Å². The summed E-state index contributed by atoms with van der Waals surface area (Å²) < 4.78 is 25.1. The smallest absolute Gasteiger partial charge is 0.251 e. The van der Waals surface area contributed by atoms with E-state index in [0.717, 1.165) is 31.2 Å². The predicted octanol–water partition coefficient (Wildman–Crippen LogP) is 2.07. The lowest BCUT2D eigenvalue weighted by atomic mass is 10.0. The van der Waals surface area contributed by atoms with Gasteiger partial charge in [0.2, 0.25) is 10.0 Å². The van der Waals surface area contributed by atoms with Crippen LogP contribution >= 0.6 is 0 Å². The number of amides is 1. The zero-order valence-electron chi connectivity index (χ0n) is 12.8. The molecule has 1 amide bonds. The average Bonchev–Trinajstić information content (AvgIpc) is 2.98. The van der Waals surface area contributed by atoms with Crippen LogP contribution in [0.2, 0.25) is 0 Å². The second kappa shape index (κ2) is 5.91. The van der Waals surface area contributed by atoms with Crippen molar-refractivity contribution < 1.29 is 13.2 Å². The molecular formula is C16H22N2O3S. The average molecular weight is 322 g/mol. The first kappa shape index (κ1) is 15.3. The van der Waals surface area contributed by atoms with Gasteiger partial charge in [-0.1, -0.05) is 12.8 Å². The minimum Gasteiger partial charge on any atom is -0.349 e. The lowest BCUT2D eigenvalue weighted by molar-refractivity contribution is 0.0938. The van der Waals surface area contributed by atoms with E-state index in [4.69, 9.17) is 0 Å². The third-order valence-electron chi connectivity index (χ3n) is 4.51. The predicted molar refractivity (Wildman–Crippen MR) is 86.7 cm³/mol. The highest BCUT2D eigenvalue weighted by Gasteiger charge is 2.25. The summed E-state index contributed by atoms with van der Waals surface area (Å²) in [4.78, 5) is 12.3. The van der Waals surface area contributed by atoms with Crippen molar-refractivity contribution in [1.82, 2.24) is 5.32 Å². The Balaban J connectivity index is 1.82. The zero-order valence-corrected chi connectivity index (χ0v) is 13.7. The van der Waals surface area contributed by atoms with Crippen LogP contribution in [0.25, 0.3) is 0 Å². The molecule has 3 rings (SSSR count). The van der Waals surface area contributed by atoms with E-state index in [1.54, 1.807) is 12.1 Å². The number of hydrogen-bond acceptors (Lipinski definition) is 3. The number of benzene rings is 1. The van der Waals surface area contributed by atoms with Crippen molar-refractivity contribution in [2.45, 2.75) is 44.6 Å². The molecule has 1 saturated carbocycles. The molecule has 6 heteroatoms. The normalized spacial score (nSPS) is 19.0. The highest BCUT2D eigenvalue weighted by atomic mass is 32.2. The Morgan fingerprint density at radius 3 is 2.64 bits per heavy atom. The summed E-state index contributed by atoms with van der Waals surface area (Å²) in [6.07, 6.45) is 7.29. The first-order valence-corrected chi connectivity index (χ1v) is 9.71. The van der Waals surface area contributed by atoms with Gasteiger partial charge in [0.25, 0.3) is 5.91 Å². The summed E-state index contributed by atoms with van der Waals surface area (Å²) in [5, 5.41) is 3.07. The molecule has 0 unspecified atom stereocenters. The largest absolute Gasteiger partial charge is 0.349 e. The van der Waals surface area contributed by atoms with Gasteiger partial charge >= 0.3 is 0 Å². The molecule has 0 radical (unpaired) electrons. The Hall–Kier alpha value is -1.56. The van der Waals surface area contributed by atoms with Crippen molar-refractivity contribution in [2.75, 3.05) is 17.1 Å². The van der Waals surface area contributed by atoms with Crippen molar-refractivity contribution in [3.63, 3.8) is 0 Å². The fourth-order valence-corrected chi connectivity index (χ4v) is 4.38. The Labute approximate surface area is 131 Å². The van der Waals surface area contributed by atoms with Crippen molar-refractivity contribution in [1.29, 1.82) is 0 Å². The van der Waals surface area contributed by atoms with Crippen molar-refractivity contribution >= 4 is 21.6 Å². The Morgan fingerprint density at radius 1 is 1.23 bits per heavy atom. The van der Waals surface area contributed by atoms with Gasteiger partial charge in [-0.25, -0.2) is 8.42 Å². The lowest BCUT2D eigenvalue weighted by Gasteiger charge is -2.29. The standard InChI is InChI=1S/C16H22N2O3S/c1-22(20,21)18-10-4-5-12-11-13(8-9-15(12)18)16(19)17-14-6-2-3-7-14/h8-9,11,14H,2-7,10H2,1H3,(H,17,19). The number of anilines is 1. The van der Waals surface area contributed by atoms with Gasteiger partial charge in [0.05, 0.1) is 11.9 Å². The second-order valence-corrected chi connectivity index (χ2v) is 8.14. The molecule has 1 N–H and O–H groups in total. The van der Waals surface area contributed by atoms with Crippen molar-refractivity contribution in [2.24, 2.45) is 0 Å². The maximum absolute atomic E-state index is 12.3. The summed E-state index contributed by atoms with van der Waals surface area (Å²) in [7, 11) is -3.26. The van der Waals surface area contributed by atoms with Crippen LogP contribution in [0.3, 0.4) is 0 Å². The van der Waals surface area contributed by atoms with Crippen LogP contribution in [-0.2, 0) is 16.4 Å². The molecule has 1 aliphatic heterocycles. The van der Waals surface area contributed by atoms with E-state index in [1.807, 2.05) is 6.07 Å². The Morgan fingerprint density at radius 2 is 1.95 bits per heavy atom. The number of nitrogens with one attached hydrogen (secondary N) is 1. The van der Waals surface area contributed by atoms with Crippen molar-refractivity contribution in [3.05, 3.63) is 29.3 Å². The molecule has 0 atom stereocenters. The first-order chi connectivity index (χ1) is 10.4. The summed E-state index contributed by atoms with van der Waals surface area (Å²) in [5.74, 6) is -0.0498. The molecule has 120 valence electrons. The fraction of sp³-hybridized carbons (Fsp3) is 0.562. The van der Waals surface area contributed by atoms with Gasteiger partial charge in [-0.15, -0.1) is 0 Å². The van der Waals surface area contributed by atoms with E-state index in [9.17, 15) is 13.2 Å². The second-order valence-electron chi connectivity index (χ2n) is 6.24. The Kier molecular flexibility index (Phi) is 4.12. The molecule has 1 aromatic rings. The van der Waals surface area contributed by atoms with Gasteiger partial charge in [0.15, 0.2) is 0 Å². The molecule has 0 saturated heterocycles. The van der Waals surface area contributed by atoms with Crippen LogP contribution in [0, 0.1) is 0 Å². The minimum absolute atomic E-state index is 0.0498. The highest BCUT2D eigenvalue weighted by Crippen LogP contribution is 2.30. The monoisotopic (exact) mass is 322 g/mol. The molecule has 1 aliphatic carbocycles. The highest BCUT2D eigenvalue weighted by molar-refractivity contribution is 7.92. The summed E-state index contributed by atoms with van der Waals surface area (Å²) >= 11 is 0. The Bertz CT molecular complexity index is 679. The number of fused-ring (bicyclic) bond motifs is 1. The van der Waals surface area contributed by atoms with Gasteiger partial charge in [0, 0.05) is 18.2 Å². The van der Waals surface area contributed by atoms with Crippen LogP contribution in [0.5, 0.6) is 0 Å². The topological polar surface area (TPSA) is 66.5 Å². The van der Waals surface area contributed by atoms with Crippen LogP contribution in [-0.4, -0.2) is 33.2 Å². The van der Waals surface area contributed by atoms with Crippen LogP contribution in [0.4, 0.5) is 5.69 Å². The number of rotatable bonds is 3. The van der Waals surface area contributed by atoms with E-state index in [0.29, 0.717) is 17.8 Å². The molecule has 1 aromatic carbocycles. The SMILES string of the molecule is CS(=O)(=O)N1CCCc2cc(C(=O)NC3CCCC3)ccc21. The molecule has 0 aromatic heterocycles. The van der Waals surface area contributed by atoms with Gasteiger partial charge in [-0.2, -0.15) is 0 Å². The summed E-state index contributed by atoms with van der Waals surface area (Å²) in [5.41, 5.74) is 2.28. The molecule has 0 bridgehead atoms. The molecular weight excluding hydrogens is 300 g/mol. The summed E-state index contributed by atoms with van der Waals surface area (Å²) in [6, 6.07) is 5.62. The number of nitrogens with zero attached hydrogens (tertiary/aromatic N) is 1. The number of hydrogen-bond donors (Lipinski definition) is 1. The molecule has 1 heterocycles. The third kappa shape index (κ3) is 3.11. The van der Waals surface area contributed by atoms with E-state index in [2.05, 4.69) is 5.32 Å². The van der Waals surface area contributed by atoms with Crippen LogP contribution in [0.1, 0.15) is 48.0 Å². The molecule has 0 spiro atoms. The van der Waals surface area contributed by atoms with Crippen molar-refractivity contribution in [3.8, 4) is 0 Å². The third-order valence-corrected chi connectivity index (χ3v) is 5.69. The number of sulfonamides is 1. The molecule has 1 fully saturated rings. The molecule has 5 nitrogen and oxygen atoms in total. The molecule has 2 aliphatic rings. The quantitative estimate of drug-likeness (QED) is 0.926. The van der Waals surface area contributed by atoms with Gasteiger partial charge < -0.3 is 5.32 Å². The van der Waals surface area contributed by atoms with Gasteiger partial charge in [0.1, 0.15) is 0 Å². The van der Waals surface area contributed by atoms with E-state index in [1.165, 1.54) is 23.4 Å². The first-order valence-electron chi connectivity index (χ1n) is 7.86. The van der Waals surface area contributed by atoms with Crippen LogP contribution < -0.4 is 9.62 Å². The number of carbonyl (C=O) groups excluding carboxylic acids is 1. The maximum atomic E-state index is 12.3. The van der Waals surface area contributed by atoms with E-state index < -0.39 is 10.0 Å². The van der Waals surface area contributed by atoms with Gasteiger partial charge in [-0.3, -0.25) is 9.10 Å². The van der Waals surface area contributed by atoms with E-state index >= 15 is 0 Å².